The molecule has 3 heterocycles. The maximum atomic E-state index is 12.2. The van der Waals surface area contributed by atoms with E-state index >= 15 is 0 Å². The molecule has 1 aromatic heterocycles. The summed E-state index contributed by atoms with van der Waals surface area (Å²) < 4.78 is 11.3. The molecule has 2 aromatic rings. The maximum absolute atomic E-state index is 12.2. The first-order valence-corrected chi connectivity index (χ1v) is 10.3. The molecule has 2 aliphatic heterocycles. The van der Waals surface area contributed by atoms with E-state index in [0.717, 1.165) is 57.7 Å². The molecule has 0 bridgehead atoms. The Morgan fingerprint density at radius 2 is 1.97 bits per heavy atom. The molecule has 1 aromatic carbocycles. The molecule has 1 saturated heterocycles. The molecule has 4 rings (SSSR count). The largest absolute Gasteiger partial charge is 0.495 e. The van der Waals surface area contributed by atoms with Crippen LogP contribution >= 0.6 is 0 Å². The first kappa shape index (κ1) is 19.5. The number of pyridine rings is 1. The molecule has 0 spiro atoms. The minimum absolute atomic E-state index is 0.0957. The normalized spacial score (nSPS) is 19.3. The molecule has 0 saturated carbocycles. The van der Waals surface area contributed by atoms with Crippen LogP contribution in [0.4, 0.5) is 11.5 Å². The van der Waals surface area contributed by atoms with E-state index in [1.165, 1.54) is 5.69 Å². The van der Waals surface area contributed by atoms with E-state index in [4.69, 9.17) is 9.47 Å². The van der Waals surface area contributed by atoms with Gasteiger partial charge in [0.2, 0.25) is 0 Å². The predicted octanol–water partition coefficient (Wildman–Crippen LogP) is 2.78. The maximum Gasteiger partial charge on any atom is 0.266 e. The Hall–Kier alpha value is -2.80. The van der Waals surface area contributed by atoms with Gasteiger partial charge in [0.25, 0.3) is 5.91 Å². The summed E-state index contributed by atoms with van der Waals surface area (Å²) in [7, 11) is 1.72. The number of aromatic nitrogens is 1. The molecule has 0 unspecified atom stereocenters. The van der Waals surface area contributed by atoms with Gasteiger partial charge >= 0.3 is 0 Å². The van der Waals surface area contributed by atoms with E-state index < -0.39 is 6.10 Å². The Kier molecular flexibility index (Phi) is 6.14. The van der Waals surface area contributed by atoms with Gasteiger partial charge < -0.3 is 19.7 Å². The number of para-hydroxylation sites is 2. The summed E-state index contributed by atoms with van der Waals surface area (Å²) in [6, 6.07) is 11.9. The van der Waals surface area contributed by atoms with Crippen molar-refractivity contribution in [3.05, 3.63) is 42.6 Å². The van der Waals surface area contributed by atoms with Crippen molar-refractivity contribution in [3.8, 4) is 11.5 Å². The molecule has 154 valence electrons. The average Bonchev–Trinajstić information content (AvgIpc) is 2.77. The lowest BCUT2D eigenvalue weighted by Gasteiger charge is -2.36. The number of nitrogens with one attached hydrogen (secondary N) is 1. The van der Waals surface area contributed by atoms with Crippen LogP contribution in [0.5, 0.6) is 11.5 Å². The highest BCUT2D eigenvalue weighted by Gasteiger charge is 2.27. The number of hydrogen-bond donors (Lipinski definition) is 1. The van der Waals surface area contributed by atoms with Crippen LogP contribution in [0.2, 0.25) is 0 Å². The number of unbranched alkanes of at least 4 members (excludes halogenated alkanes) is 1. The molecule has 0 radical (unpaired) electrons. The number of amides is 1. The third kappa shape index (κ3) is 4.62. The number of hydrogen-bond acceptors (Lipinski definition) is 6. The van der Waals surface area contributed by atoms with Crippen LogP contribution in [0.1, 0.15) is 19.3 Å². The molecule has 1 fully saturated rings. The van der Waals surface area contributed by atoms with Gasteiger partial charge in [0.1, 0.15) is 5.75 Å². The number of benzene rings is 1. The van der Waals surface area contributed by atoms with Crippen molar-refractivity contribution >= 4 is 17.4 Å². The van der Waals surface area contributed by atoms with E-state index in [2.05, 4.69) is 32.2 Å². The molecular weight excluding hydrogens is 368 g/mol. The van der Waals surface area contributed by atoms with E-state index in [1.807, 2.05) is 24.3 Å². The van der Waals surface area contributed by atoms with Gasteiger partial charge in [-0.2, -0.15) is 0 Å². The molecule has 7 nitrogen and oxygen atoms in total. The van der Waals surface area contributed by atoms with Crippen LogP contribution in [0.25, 0.3) is 0 Å². The van der Waals surface area contributed by atoms with Gasteiger partial charge in [0.15, 0.2) is 17.7 Å². The Labute approximate surface area is 171 Å². The quantitative estimate of drug-likeness (QED) is 0.726. The summed E-state index contributed by atoms with van der Waals surface area (Å²) in [5.74, 6) is 2.01. The van der Waals surface area contributed by atoms with Gasteiger partial charge in [-0.3, -0.25) is 9.69 Å². The van der Waals surface area contributed by atoms with Crippen molar-refractivity contribution < 1.29 is 14.3 Å². The second-order valence-corrected chi connectivity index (χ2v) is 7.44. The van der Waals surface area contributed by atoms with Crippen molar-refractivity contribution in [1.82, 2.24) is 9.88 Å². The fourth-order valence-corrected chi connectivity index (χ4v) is 3.94. The first-order chi connectivity index (χ1) is 14.2. The van der Waals surface area contributed by atoms with Crippen LogP contribution < -0.4 is 19.7 Å². The summed E-state index contributed by atoms with van der Waals surface area (Å²) in [6.45, 7) is 5.12. The number of piperazine rings is 1. The highest BCUT2D eigenvalue weighted by molar-refractivity contribution is 5.96. The van der Waals surface area contributed by atoms with Crippen LogP contribution in [0, 0.1) is 0 Å². The fourth-order valence-electron chi connectivity index (χ4n) is 3.94. The molecular formula is C22H28N4O3. The number of methoxy groups -OCH3 is 1. The second kappa shape index (κ2) is 9.13. The van der Waals surface area contributed by atoms with Gasteiger partial charge in [-0.15, -0.1) is 0 Å². The summed E-state index contributed by atoms with van der Waals surface area (Å²) >= 11 is 0. The third-order valence-electron chi connectivity index (χ3n) is 5.56. The number of anilines is 2. The van der Waals surface area contributed by atoms with Gasteiger partial charge in [-0.1, -0.05) is 12.1 Å². The van der Waals surface area contributed by atoms with Gasteiger partial charge in [-0.25, -0.2) is 4.98 Å². The van der Waals surface area contributed by atoms with Gasteiger partial charge in [0.05, 0.1) is 12.8 Å². The molecule has 1 atom stereocenters. The molecule has 2 aliphatic rings. The van der Waals surface area contributed by atoms with Crippen LogP contribution in [0.3, 0.4) is 0 Å². The highest BCUT2D eigenvalue weighted by atomic mass is 16.5. The topological polar surface area (TPSA) is 66.9 Å². The average molecular weight is 396 g/mol. The number of carbonyl (C=O) groups excluding carboxylic acids is 1. The summed E-state index contributed by atoms with van der Waals surface area (Å²) in [5, 5.41) is 2.83. The number of nitrogens with zero attached hydrogens (tertiary/aromatic N) is 3. The second-order valence-electron chi connectivity index (χ2n) is 7.44. The molecule has 0 aliphatic carbocycles. The van der Waals surface area contributed by atoms with Crippen LogP contribution in [-0.4, -0.2) is 61.7 Å². The lowest BCUT2D eigenvalue weighted by Crippen LogP contribution is -2.46. The predicted molar refractivity (Wildman–Crippen MR) is 113 cm³/mol. The molecule has 7 heteroatoms. The summed E-state index contributed by atoms with van der Waals surface area (Å²) in [5.41, 5.74) is 1.17. The van der Waals surface area contributed by atoms with Gasteiger partial charge in [-0.05, 0) is 50.1 Å². The number of ether oxygens (including phenoxy) is 2. The lowest BCUT2D eigenvalue weighted by atomic mass is 10.1. The van der Waals surface area contributed by atoms with E-state index in [-0.39, 0.29) is 5.91 Å². The smallest absolute Gasteiger partial charge is 0.266 e. The molecule has 1 amide bonds. The van der Waals surface area contributed by atoms with Crippen molar-refractivity contribution in [1.29, 1.82) is 0 Å². The minimum Gasteiger partial charge on any atom is -0.495 e. The number of carbonyl (C=O) groups is 1. The lowest BCUT2D eigenvalue weighted by molar-refractivity contribution is -0.123. The monoisotopic (exact) mass is 396 g/mol. The van der Waals surface area contributed by atoms with Crippen molar-refractivity contribution in [3.63, 3.8) is 0 Å². The summed E-state index contributed by atoms with van der Waals surface area (Å²) in [4.78, 5) is 21.2. The van der Waals surface area contributed by atoms with Crippen LogP contribution in [-0.2, 0) is 4.79 Å². The van der Waals surface area contributed by atoms with Gasteiger partial charge in [0, 0.05) is 32.4 Å². The SMILES string of the molecule is COc1ccccc1N1CCN(CCCC[C@@H]2Oc3cccnc3NC2=O)CC1. The van der Waals surface area contributed by atoms with E-state index in [1.54, 1.807) is 13.3 Å². The van der Waals surface area contributed by atoms with E-state index in [9.17, 15) is 4.79 Å². The standard InChI is InChI=1S/C22H28N4O3/c1-28-18-8-3-2-7-17(18)26-15-13-25(14-16-26)12-5-4-9-20-22(27)24-21-19(29-20)10-6-11-23-21/h2-3,6-8,10-11,20H,4-5,9,12-16H2,1H3,(H,23,24,27)/t20-/m0/s1. The highest BCUT2D eigenvalue weighted by Crippen LogP contribution is 2.29. The van der Waals surface area contributed by atoms with Crippen LogP contribution in [0.15, 0.2) is 42.6 Å². The number of fused-ring (bicyclic) bond motifs is 1. The Morgan fingerprint density at radius 1 is 1.14 bits per heavy atom. The van der Waals surface area contributed by atoms with Crippen molar-refractivity contribution in [2.24, 2.45) is 0 Å². The number of rotatable bonds is 7. The first-order valence-electron chi connectivity index (χ1n) is 10.3. The third-order valence-corrected chi connectivity index (χ3v) is 5.56. The van der Waals surface area contributed by atoms with Crippen molar-refractivity contribution in [2.75, 3.05) is 50.1 Å². The zero-order valence-corrected chi connectivity index (χ0v) is 16.8. The zero-order chi connectivity index (χ0) is 20.1. The Morgan fingerprint density at radius 3 is 2.79 bits per heavy atom. The Balaban J connectivity index is 1.18. The Bertz CT molecular complexity index is 836. The minimum atomic E-state index is -0.422. The summed E-state index contributed by atoms with van der Waals surface area (Å²) in [6.07, 6.45) is 3.97. The fraction of sp³-hybridized carbons (Fsp3) is 0.455. The zero-order valence-electron chi connectivity index (χ0n) is 16.8. The molecule has 29 heavy (non-hydrogen) atoms. The van der Waals surface area contributed by atoms with Crippen molar-refractivity contribution in [2.45, 2.75) is 25.4 Å². The molecule has 1 N–H and O–H groups in total. The van der Waals surface area contributed by atoms with E-state index in [0.29, 0.717) is 11.6 Å².